The minimum Gasteiger partial charge on any atom is -0.443 e. The predicted molar refractivity (Wildman–Crippen MR) is 101 cm³/mol. The van der Waals surface area contributed by atoms with Crippen molar-refractivity contribution in [2.45, 2.75) is 0 Å². The second-order valence-electron chi connectivity index (χ2n) is 6.05. The molecule has 5 aromatic rings. The van der Waals surface area contributed by atoms with Gasteiger partial charge in [-0.3, -0.25) is 4.79 Å². The van der Waals surface area contributed by atoms with Crippen LogP contribution in [0.15, 0.2) is 82.3 Å². The summed E-state index contributed by atoms with van der Waals surface area (Å²) in [4.78, 5) is 23.4. The molecule has 1 N–H and O–H groups in total. The topological polar surface area (TPSA) is 71.8 Å². The molecule has 5 nitrogen and oxygen atoms in total. The number of rotatable bonds is 2. The van der Waals surface area contributed by atoms with Gasteiger partial charge in [-0.05, 0) is 29.8 Å². The van der Waals surface area contributed by atoms with Gasteiger partial charge in [-0.1, -0.05) is 36.4 Å². The van der Waals surface area contributed by atoms with Gasteiger partial charge in [0.15, 0.2) is 12.0 Å². The van der Waals surface area contributed by atoms with E-state index in [0.717, 1.165) is 38.9 Å². The third kappa shape index (κ3) is 2.38. The first-order valence-electron chi connectivity index (χ1n) is 8.21. The van der Waals surface area contributed by atoms with E-state index < -0.39 is 0 Å². The molecular weight excluding hydrogens is 326 g/mol. The maximum absolute atomic E-state index is 11.7. The molecule has 5 rings (SSSR count). The van der Waals surface area contributed by atoms with Crippen LogP contribution in [-0.4, -0.2) is 15.0 Å². The fourth-order valence-electron chi connectivity index (χ4n) is 3.14. The number of pyridine rings is 2. The summed E-state index contributed by atoms with van der Waals surface area (Å²) in [5, 5.41) is 0.872. The van der Waals surface area contributed by atoms with E-state index in [-0.39, 0.29) is 5.56 Å². The van der Waals surface area contributed by atoms with Crippen molar-refractivity contribution in [3.63, 3.8) is 0 Å². The van der Waals surface area contributed by atoms with E-state index in [1.165, 1.54) is 12.5 Å². The maximum Gasteiger partial charge on any atom is 0.249 e. The molecule has 2 aromatic carbocycles. The molecule has 0 atom stereocenters. The summed E-state index contributed by atoms with van der Waals surface area (Å²) in [5.74, 6) is 0. The summed E-state index contributed by atoms with van der Waals surface area (Å²) in [6.07, 6.45) is 1.44. The Kier molecular flexibility index (Phi) is 3.18. The lowest BCUT2D eigenvalue weighted by atomic mass is 9.98. The van der Waals surface area contributed by atoms with E-state index >= 15 is 0 Å². The third-order valence-electron chi connectivity index (χ3n) is 4.40. The van der Waals surface area contributed by atoms with Crippen LogP contribution in [0.3, 0.4) is 0 Å². The van der Waals surface area contributed by atoms with Crippen LogP contribution in [0.25, 0.3) is 44.5 Å². The second kappa shape index (κ2) is 5.67. The van der Waals surface area contributed by atoms with Gasteiger partial charge in [-0.15, -0.1) is 0 Å². The molecular formula is C21H13N3O2. The zero-order chi connectivity index (χ0) is 17.5. The highest BCUT2D eigenvalue weighted by Gasteiger charge is 2.13. The fraction of sp³-hybridized carbons (Fsp3) is 0. The van der Waals surface area contributed by atoms with Crippen LogP contribution < -0.4 is 5.56 Å². The molecule has 0 spiro atoms. The van der Waals surface area contributed by atoms with Gasteiger partial charge in [0.2, 0.25) is 5.56 Å². The molecule has 26 heavy (non-hydrogen) atoms. The number of hydrogen-bond acceptors (Lipinski definition) is 4. The predicted octanol–water partition coefficient (Wildman–Crippen LogP) is 4.40. The van der Waals surface area contributed by atoms with E-state index in [2.05, 4.69) is 9.97 Å². The number of nitrogens with one attached hydrogen (secondary N) is 1. The summed E-state index contributed by atoms with van der Waals surface area (Å²) in [6, 6.07) is 21.1. The quantitative estimate of drug-likeness (QED) is 0.517. The molecule has 0 saturated heterocycles. The number of nitrogens with zero attached hydrogens (tertiary/aromatic N) is 2. The highest BCUT2D eigenvalue weighted by atomic mass is 16.3. The van der Waals surface area contributed by atoms with Crippen LogP contribution in [0.2, 0.25) is 0 Å². The molecule has 0 saturated carbocycles. The molecule has 0 bridgehead atoms. The van der Waals surface area contributed by atoms with Gasteiger partial charge in [0.25, 0.3) is 0 Å². The average molecular weight is 339 g/mol. The first-order chi connectivity index (χ1) is 12.8. The standard InChI is InChI=1S/C21H13N3O2/c25-19-9-7-15-10-16(14-6-8-17-18(11-14)26-12-22-17)20(24-21(15)23-19)13-4-2-1-3-5-13/h1-12H,(H,23,24,25). The van der Waals surface area contributed by atoms with Gasteiger partial charge in [-0.25, -0.2) is 9.97 Å². The van der Waals surface area contributed by atoms with Crippen molar-refractivity contribution in [2.24, 2.45) is 0 Å². The summed E-state index contributed by atoms with van der Waals surface area (Å²) < 4.78 is 5.45. The first kappa shape index (κ1) is 14.6. The summed E-state index contributed by atoms with van der Waals surface area (Å²) in [7, 11) is 0. The van der Waals surface area contributed by atoms with Crippen molar-refractivity contribution >= 4 is 22.1 Å². The Morgan fingerprint density at radius 1 is 0.885 bits per heavy atom. The fourth-order valence-corrected chi connectivity index (χ4v) is 3.14. The van der Waals surface area contributed by atoms with Crippen LogP contribution in [-0.2, 0) is 0 Å². The normalized spacial score (nSPS) is 11.2. The van der Waals surface area contributed by atoms with Crippen molar-refractivity contribution in [3.05, 3.63) is 83.5 Å². The molecule has 3 heterocycles. The van der Waals surface area contributed by atoms with Crippen molar-refractivity contribution < 1.29 is 4.42 Å². The number of aromatic amines is 1. The largest absolute Gasteiger partial charge is 0.443 e. The lowest BCUT2D eigenvalue weighted by molar-refractivity contribution is 0.602. The Balaban J connectivity index is 1.84. The third-order valence-corrected chi connectivity index (χ3v) is 4.40. The molecule has 0 aliphatic heterocycles. The number of oxazole rings is 1. The van der Waals surface area contributed by atoms with Crippen LogP contribution in [0, 0.1) is 0 Å². The average Bonchev–Trinajstić information content (AvgIpc) is 3.15. The van der Waals surface area contributed by atoms with E-state index in [1.54, 1.807) is 6.07 Å². The molecule has 3 aromatic heterocycles. The Labute approximate surface area is 148 Å². The Morgan fingerprint density at radius 2 is 1.77 bits per heavy atom. The smallest absolute Gasteiger partial charge is 0.249 e. The Bertz CT molecular complexity index is 1300. The van der Waals surface area contributed by atoms with E-state index in [4.69, 9.17) is 9.40 Å². The lowest BCUT2D eigenvalue weighted by Crippen LogP contribution is -2.04. The highest BCUT2D eigenvalue weighted by molar-refractivity contribution is 5.92. The van der Waals surface area contributed by atoms with Crippen molar-refractivity contribution in [3.8, 4) is 22.4 Å². The molecule has 5 heteroatoms. The molecule has 0 radical (unpaired) electrons. The zero-order valence-electron chi connectivity index (χ0n) is 13.6. The molecule has 124 valence electrons. The Morgan fingerprint density at radius 3 is 2.65 bits per heavy atom. The lowest BCUT2D eigenvalue weighted by Gasteiger charge is -2.11. The molecule has 0 aliphatic carbocycles. The van der Waals surface area contributed by atoms with Crippen LogP contribution >= 0.6 is 0 Å². The summed E-state index contributed by atoms with van der Waals surface area (Å²) >= 11 is 0. The van der Waals surface area contributed by atoms with Gasteiger partial charge in [0.05, 0.1) is 5.69 Å². The zero-order valence-corrected chi connectivity index (χ0v) is 13.6. The van der Waals surface area contributed by atoms with Crippen LogP contribution in [0.5, 0.6) is 0 Å². The number of aromatic nitrogens is 3. The summed E-state index contributed by atoms with van der Waals surface area (Å²) in [6.45, 7) is 0. The van der Waals surface area contributed by atoms with Crippen LogP contribution in [0.1, 0.15) is 0 Å². The summed E-state index contributed by atoms with van der Waals surface area (Å²) in [5.41, 5.74) is 5.67. The number of benzene rings is 2. The number of fused-ring (bicyclic) bond motifs is 2. The van der Waals surface area contributed by atoms with Gasteiger partial charge in [0, 0.05) is 22.6 Å². The number of hydrogen-bond donors (Lipinski definition) is 1. The van der Waals surface area contributed by atoms with Crippen molar-refractivity contribution in [1.82, 2.24) is 15.0 Å². The van der Waals surface area contributed by atoms with Gasteiger partial charge >= 0.3 is 0 Å². The number of H-pyrrole nitrogens is 1. The van der Waals surface area contributed by atoms with Gasteiger partial charge in [-0.2, -0.15) is 0 Å². The molecule has 0 aliphatic rings. The molecule has 0 fully saturated rings. The molecule has 0 amide bonds. The van der Waals surface area contributed by atoms with E-state index in [0.29, 0.717) is 5.65 Å². The van der Waals surface area contributed by atoms with Crippen LogP contribution in [0.4, 0.5) is 0 Å². The van der Waals surface area contributed by atoms with Gasteiger partial charge in [0.1, 0.15) is 11.2 Å². The Hall–Kier alpha value is -3.73. The monoisotopic (exact) mass is 339 g/mol. The SMILES string of the molecule is O=c1ccc2cc(-c3ccc4ncoc4c3)c(-c3ccccc3)nc2[nH]1. The highest BCUT2D eigenvalue weighted by Crippen LogP contribution is 2.34. The van der Waals surface area contributed by atoms with Crippen molar-refractivity contribution in [1.29, 1.82) is 0 Å². The second-order valence-corrected chi connectivity index (χ2v) is 6.05. The van der Waals surface area contributed by atoms with E-state index in [9.17, 15) is 4.79 Å². The van der Waals surface area contributed by atoms with E-state index in [1.807, 2.05) is 54.6 Å². The maximum atomic E-state index is 11.7. The molecule has 0 unspecified atom stereocenters. The minimum atomic E-state index is -0.167. The van der Waals surface area contributed by atoms with Crippen molar-refractivity contribution in [2.75, 3.05) is 0 Å². The minimum absolute atomic E-state index is 0.167. The van der Waals surface area contributed by atoms with Gasteiger partial charge < -0.3 is 9.40 Å². The first-order valence-corrected chi connectivity index (χ1v) is 8.21.